The van der Waals surface area contributed by atoms with Crippen molar-refractivity contribution < 1.29 is 4.79 Å². The van der Waals surface area contributed by atoms with E-state index in [9.17, 15) is 9.59 Å². The zero-order chi connectivity index (χ0) is 18.1. The smallest absolute Gasteiger partial charge is 0.261 e. The standard InChI is InChI=1S/C21H27N3O2/c1-14-7-4-5-8-17(14)23-20(25)15-10-11-16-18(13-15)22-19-9-3-2-6-12-24(19)21(16)26/h10-11,13-14,17H,2-9,12H2,1H3,(H,23,25)/t14-,17+/m0/s1. The van der Waals surface area contributed by atoms with E-state index >= 15 is 0 Å². The van der Waals surface area contributed by atoms with Crippen molar-refractivity contribution in [2.45, 2.75) is 70.9 Å². The predicted molar refractivity (Wildman–Crippen MR) is 102 cm³/mol. The van der Waals surface area contributed by atoms with Crippen LogP contribution in [-0.4, -0.2) is 21.5 Å². The number of rotatable bonds is 2. The van der Waals surface area contributed by atoms with Gasteiger partial charge in [-0.3, -0.25) is 14.2 Å². The van der Waals surface area contributed by atoms with E-state index in [2.05, 4.69) is 12.2 Å². The van der Waals surface area contributed by atoms with Gasteiger partial charge in [-0.2, -0.15) is 0 Å². The van der Waals surface area contributed by atoms with Gasteiger partial charge in [0.1, 0.15) is 5.82 Å². The molecule has 4 rings (SSSR count). The summed E-state index contributed by atoms with van der Waals surface area (Å²) in [5, 5.41) is 3.80. The molecule has 0 unspecified atom stereocenters. The Morgan fingerprint density at radius 3 is 2.85 bits per heavy atom. The van der Waals surface area contributed by atoms with Crippen molar-refractivity contribution in [3.63, 3.8) is 0 Å². The molecule has 1 fully saturated rings. The van der Waals surface area contributed by atoms with E-state index in [0.29, 0.717) is 22.4 Å². The summed E-state index contributed by atoms with van der Waals surface area (Å²) in [6.07, 6.45) is 8.71. The molecule has 26 heavy (non-hydrogen) atoms. The maximum Gasteiger partial charge on any atom is 0.261 e. The molecule has 0 spiro atoms. The number of fused-ring (bicyclic) bond motifs is 2. The second-order valence-corrected chi connectivity index (χ2v) is 7.87. The van der Waals surface area contributed by atoms with Gasteiger partial charge in [-0.1, -0.05) is 26.2 Å². The lowest BCUT2D eigenvalue weighted by Gasteiger charge is -2.29. The summed E-state index contributed by atoms with van der Waals surface area (Å²) in [5.41, 5.74) is 1.27. The Hall–Kier alpha value is -2.17. The summed E-state index contributed by atoms with van der Waals surface area (Å²) in [7, 11) is 0. The summed E-state index contributed by atoms with van der Waals surface area (Å²) < 4.78 is 1.82. The average molecular weight is 353 g/mol. The fourth-order valence-electron chi connectivity index (χ4n) is 4.34. The largest absolute Gasteiger partial charge is 0.349 e. The molecule has 1 saturated carbocycles. The number of amides is 1. The lowest BCUT2D eigenvalue weighted by atomic mass is 9.86. The van der Waals surface area contributed by atoms with E-state index in [1.165, 1.54) is 19.3 Å². The van der Waals surface area contributed by atoms with Crippen LogP contribution in [0.4, 0.5) is 0 Å². The van der Waals surface area contributed by atoms with Crippen molar-refractivity contribution in [3.05, 3.63) is 39.9 Å². The van der Waals surface area contributed by atoms with Gasteiger partial charge in [0, 0.05) is 24.6 Å². The van der Waals surface area contributed by atoms with Gasteiger partial charge in [0.2, 0.25) is 0 Å². The Labute approximate surface area is 153 Å². The minimum absolute atomic E-state index is 0.0276. The highest BCUT2D eigenvalue weighted by atomic mass is 16.1. The molecule has 138 valence electrons. The van der Waals surface area contributed by atoms with Gasteiger partial charge >= 0.3 is 0 Å². The summed E-state index contributed by atoms with van der Waals surface area (Å²) in [6, 6.07) is 5.56. The summed E-state index contributed by atoms with van der Waals surface area (Å²) in [6.45, 7) is 2.96. The van der Waals surface area contributed by atoms with Crippen LogP contribution in [-0.2, 0) is 13.0 Å². The predicted octanol–water partition coefficient (Wildman–Crippen LogP) is 3.43. The van der Waals surface area contributed by atoms with Crippen LogP contribution in [0.3, 0.4) is 0 Å². The number of aryl methyl sites for hydroxylation is 1. The highest BCUT2D eigenvalue weighted by Crippen LogP contribution is 2.24. The SMILES string of the molecule is C[C@H]1CCCC[C@H]1NC(=O)c1ccc2c(=O)n3c(nc2c1)CCCCC3. The molecule has 1 amide bonds. The number of aromatic nitrogens is 2. The number of hydrogen-bond acceptors (Lipinski definition) is 3. The normalized spacial score (nSPS) is 23.3. The first-order valence-corrected chi connectivity index (χ1v) is 9.98. The zero-order valence-corrected chi connectivity index (χ0v) is 15.5. The fraction of sp³-hybridized carbons (Fsp3) is 0.571. The second-order valence-electron chi connectivity index (χ2n) is 7.87. The minimum Gasteiger partial charge on any atom is -0.349 e. The van der Waals surface area contributed by atoms with Crippen LogP contribution in [0.2, 0.25) is 0 Å². The van der Waals surface area contributed by atoms with E-state index in [1.54, 1.807) is 18.2 Å². The van der Waals surface area contributed by atoms with E-state index < -0.39 is 0 Å². The van der Waals surface area contributed by atoms with E-state index in [-0.39, 0.29) is 17.5 Å². The molecule has 5 heteroatoms. The number of hydrogen-bond donors (Lipinski definition) is 1. The Kier molecular flexibility index (Phi) is 4.79. The number of nitrogens with zero attached hydrogens (tertiary/aromatic N) is 2. The minimum atomic E-state index is -0.0532. The summed E-state index contributed by atoms with van der Waals surface area (Å²) >= 11 is 0. The van der Waals surface area contributed by atoms with Crippen LogP contribution in [0.5, 0.6) is 0 Å². The quantitative estimate of drug-likeness (QED) is 0.899. The van der Waals surface area contributed by atoms with Crippen LogP contribution in [0, 0.1) is 5.92 Å². The van der Waals surface area contributed by atoms with Crippen molar-refractivity contribution in [1.29, 1.82) is 0 Å². The summed E-state index contributed by atoms with van der Waals surface area (Å²) in [5.74, 6) is 1.33. The molecule has 1 aliphatic heterocycles. The maximum atomic E-state index is 12.8. The van der Waals surface area contributed by atoms with Crippen molar-refractivity contribution in [2.24, 2.45) is 5.92 Å². The number of carbonyl (C=O) groups is 1. The highest BCUT2D eigenvalue weighted by molar-refractivity contribution is 5.97. The van der Waals surface area contributed by atoms with Gasteiger partial charge in [0.25, 0.3) is 11.5 Å². The molecule has 2 aliphatic rings. The lowest BCUT2D eigenvalue weighted by Crippen LogP contribution is -2.41. The van der Waals surface area contributed by atoms with Crippen LogP contribution < -0.4 is 10.9 Å². The lowest BCUT2D eigenvalue weighted by molar-refractivity contribution is 0.0910. The molecule has 2 atom stereocenters. The van der Waals surface area contributed by atoms with Crippen LogP contribution in [0.15, 0.2) is 23.0 Å². The van der Waals surface area contributed by atoms with Gasteiger partial charge in [-0.25, -0.2) is 4.98 Å². The monoisotopic (exact) mass is 353 g/mol. The van der Waals surface area contributed by atoms with Gasteiger partial charge in [-0.15, -0.1) is 0 Å². The van der Waals surface area contributed by atoms with Gasteiger partial charge < -0.3 is 5.32 Å². The average Bonchev–Trinajstić information content (AvgIpc) is 2.89. The first-order valence-electron chi connectivity index (χ1n) is 9.98. The van der Waals surface area contributed by atoms with Crippen LogP contribution in [0.25, 0.3) is 10.9 Å². The maximum absolute atomic E-state index is 12.8. The van der Waals surface area contributed by atoms with Crippen molar-refractivity contribution in [2.75, 3.05) is 0 Å². The topological polar surface area (TPSA) is 64.0 Å². The first kappa shape index (κ1) is 17.3. The molecule has 1 aromatic heterocycles. The fourth-order valence-corrected chi connectivity index (χ4v) is 4.34. The highest BCUT2D eigenvalue weighted by Gasteiger charge is 2.23. The number of nitrogens with one attached hydrogen (secondary N) is 1. The third-order valence-electron chi connectivity index (χ3n) is 6.01. The third-order valence-corrected chi connectivity index (χ3v) is 6.01. The molecule has 1 aliphatic carbocycles. The molecular formula is C21H27N3O2. The second kappa shape index (κ2) is 7.22. The van der Waals surface area contributed by atoms with E-state index in [4.69, 9.17) is 4.98 Å². The van der Waals surface area contributed by atoms with Crippen LogP contribution >= 0.6 is 0 Å². The molecule has 1 aromatic carbocycles. The van der Waals surface area contributed by atoms with Crippen molar-refractivity contribution in [3.8, 4) is 0 Å². The number of benzene rings is 1. The molecule has 2 aromatic rings. The Bertz CT molecular complexity index is 887. The van der Waals surface area contributed by atoms with Gasteiger partial charge in [0.15, 0.2) is 0 Å². The van der Waals surface area contributed by atoms with Crippen molar-refractivity contribution >= 4 is 16.8 Å². The molecule has 0 saturated heterocycles. The van der Waals surface area contributed by atoms with Gasteiger partial charge in [0.05, 0.1) is 10.9 Å². The molecule has 1 N–H and O–H groups in total. The zero-order valence-electron chi connectivity index (χ0n) is 15.5. The van der Waals surface area contributed by atoms with E-state index in [1.807, 2.05) is 4.57 Å². The molecule has 0 bridgehead atoms. The Morgan fingerprint density at radius 2 is 2.00 bits per heavy atom. The molecule has 0 radical (unpaired) electrons. The van der Waals surface area contributed by atoms with Crippen LogP contribution in [0.1, 0.15) is 68.1 Å². The van der Waals surface area contributed by atoms with Gasteiger partial charge in [-0.05, 0) is 49.8 Å². The Balaban J connectivity index is 1.64. The Morgan fingerprint density at radius 1 is 1.15 bits per heavy atom. The number of carbonyl (C=O) groups excluding carboxylic acids is 1. The molecular weight excluding hydrogens is 326 g/mol. The third kappa shape index (κ3) is 3.27. The van der Waals surface area contributed by atoms with E-state index in [0.717, 1.165) is 44.5 Å². The molecule has 2 heterocycles. The summed E-state index contributed by atoms with van der Waals surface area (Å²) in [4.78, 5) is 30.2. The molecule has 5 nitrogen and oxygen atoms in total. The first-order chi connectivity index (χ1) is 12.6. The van der Waals surface area contributed by atoms with Crippen molar-refractivity contribution in [1.82, 2.24) is 14.9 Å².